The molecule has 0 aliphatic heterocycles. The van der Waals surface area contributed by atoms with E-state index in [9.17, 15) is 0 Å². The maximum Gasteiger partial charge on any atom is 0.150 e. The van der Waals surface area contributed by atoms with Crippen molar-refractivity contribution >= 4 is 35.1 Å². The van der Waals surface area contributed by atoms with Crippen LogP contribution in [0.15, 0.2) is 54.0 Å². The molecule has 0 saturated heterocycles. The minimum Gasteiger partial charge on any atom is -0.497 e. The minimum atomic E-state index is 0.323. The average Bonchev–Trinajstić information content (AvgIpc) is 2.44. The van der Waals surface area contributed by atoms with Crippen molar-refractivity contribution in [3.63, 3.8) is 0 Å². The molecule has 0 N–H and O–H groups in total. The fraction of sp³-hybridized carbons (Fsp3) is 0.176. The highest BCUT2D eigenvalue weighted by molar-refractivity contribution is 8.11. The fourth-order valence-corrected chi connectivity index (χ4v) is 2.39. The molecule has 0 aliphatic rings. The highest BCUT2D eigenvalue weighted by Crippen LogP contribution is 2.35. The van der Waals surface area contributed by atoms with E-state index in [1.807, 2.05) is 38.1 Å². The van der Waals surface area contributed by atoms with Crippen molar-refractivity contribution in [1.82, 2.24) is 0 Å². The predicted octanol–water partition coefficient (Wildman–Crippen LogP) is 5.71. The predicted molar refractivity (Wildman–Crippen MR) is 97.3 cm³/mol. The third-order valence-corrected chi connectivity index (χ3v) is 3.85. The number of hydrogen-bond donors (Lipinski definition) is 1. The first kappa shape index (κ1) is 17.5. The summed E-state index contributed by atoms with van der Waals surface area (Å²) in [5.74, 6) is 1.19. The summed E-state index contributed by atoms with van der Waals surface area (Å²) in [6.07, 6.45) is 2.04. The van der Waals surface area contributed by atoms with E-state index in [0.717, 1.165) is 16.0 Å². The van der Waals surface area contributed by atoms with Crippen LogP contribution >= 0.6 is 24.4 Å². The van der Waals surface area contributed by atoms with Crippen LogP contribution in [-0.4, -0.2) is 7.11 Å². The molecule has 1 aromatic carbocycles. The lowest BCUT2D eigenvalue weighted by molar-refractivity contribution is 0.371. The van der Waals surface area contributed by atoms with E-state index in [0.29, 0.717) is 16.6 Å². The van der Waals surface area contributed by atoms with Gasteiger partial charge in [-0.05, 0) is 49.1 Å². The van der Waals surface area contributed by atoms with Gasteiger partial charge in [0.05, 0.1) is 7.11 Å². The number of thiol groups is 1. The molecule has 4 heteroatoms. The molecule has 0 radical (unpaired) electrons. The van der Waals surface area contributed by atoms with E-state index in [4.69, 9.17) is 9.47 Å². The largest absolute Gasteiger partial charge is 0.497 e. The van der Waals surface area contributed by atoms with Gasteiger partial charge in [-0.1, -0.05) is 31.0 Å². The Kier molecular flexibility index (Phi) is 6.72. The molecule has 0 atom stereocenters. The first-order valence-electron chi connectivity index (χ1n) is 6.31. The van der Waals surface area contributed by atoms with Crippen molar-refractivity contribution in [2.45, 2.75) is 13.8 Å². The number of rotatable bonds is 7. The molecule has 0 unspecified atom stereocenters. The van der Waals surface area contributed by atoms with Crippen molar-refractivity contribution in [2.75, 3.05) is 7.11 Å². The van der Waals surface area contributed by atoms with E-state index in [2.05, 4.69) is 32.4 Å². The second-order valence-corrected chi connectivity index (χ2v) is 6.13. The van der Waals surface area contributed by atoms with Crippen LogP contribution in [0, 0.1) is 0 Å². The van der Waals surface area contributed by atoms with Crippen LogP contribution in [0.25, 0.3) is 10.7 Å². The van der Waals surface area contributed by atoms with Crippen LogP contribution in [0.5, 0.6) is 5.75 Å². The van der Waals surface area contributed by atoms with Gasteiger partial charge in [0.1, 0.15) is 11.5 Å². The summed E-state index contributed by atoms with van der Waals surface area (Å²) in [4.78, 5) is 2.10. The Hall–Kier alpha value is -1.52. The summed E-state index contributed by atoms with van der Waals surface area (Å²) in [5, 5.41) is 0.323. The lowest BCUT2D eigenvalue weighted by Gasteiger charge is -2.13. The van der Waals surface area contributed by atoms with E-state index in [1.54, 1.807) is 18.9 Å². The van der Waals surface area contributed by atoms with Gasteiger partial charge in [-0.2, -0.15) is 0 Å². The molecule has 0 amide bonds. The van der Waals surface area contributed by atoms with Crippen molar-refractivity contribution in [1.29, 1.82) is 0 Å². The molecule has 21 heavy (non-hydrogen) atoms. The van der Waals surface area contributed by atoms with Gasteiger partial charge in [0.2, 0.25) is 0 Å². The first-order chi connectivity index (χ1) is 9.87. The van der Waals surface area contributed by atoms with Gasteiger partial charge < -0.3 is 9.47 Å². The van der Waals surface area contributed by atoms with E-state index >= 15 is 0 Å². The Labute approximate surface area is 136 Å². The Morgan fingerprint density at radius 2 is 1.81 bits per heavy atom. The van der Waals surface area contributed by atoms with Crippen molar-refractivity contribution < 1.29 is 9.47 Å². The van der Waals surface area contributed by atoms with Crippen LogP contribution in [0.3, 0.4) is 0 Å². The molecule has 0 fully saturated rings. The average molecular weight is 320 g/mol. The van der Waals surface area contributed by atoms with Crippen LogP contribution in [0.1, 0.15) is 25.0 Å². The summed E-state index contributed by atoms with van der Waals surface area (Å²) < 4.78 is 10.7. The SMILES string of the molecule is C=C(S)Oc1cc(C(=C)OC)cc(C(=C)S/C(C)=C\C)c1. The number of ether oxygens (including phenoxy) is 2. The topological polar surface area (TPSA) is 18.5 Å². The van der Waals surface area contributed by atoms with E-state index < -0.39 is 0 Å². The normalized spacial score (nSPS) is 11.0. The highest BCUT2D eigenvalue weighted by atomic mass is 32.2. The summed E-state index contributed by atoms with van der Waals surface area (Å²) in [7, 11) is 1.58. The van der Waals surface area contributed by atoms with Crippen molar-refractivity contribution in [3.8, 4) is 5.75 Å². The maximum absolute atomic E-state index is 5.48. The summed E-state index contributed by atoms with van der Waals surface area (Å²) in [6, 6.07) is 5.70. The van der Waals surface area contributed by atoms with Crippen molar-refractivity contribution in [3.05, 3.63) is 65.1 Å². The molecule has 112 valence electrons. The smallest absolute Gasteiger partial charge is 0.150 e. The second kappa shape index (κ2) is 8.05. The van der Waals surface area contributed by atoms with Gasteiger partial charge in [0.25, 0.3) is 0 Å². The molecular formula is C17H20O2S2. The number of benzene rings is 1. The van der Waals surface area contributed by atoms with Gasteiger partial charge >= 0.3 is 0 Å². The molecule has 1 aromatic rings. The summed E-state index contributed by atoms with van der Waals surface area (Å²) >= 11 is 5.68. The quantitative estimate of drug-likeness (QED) is 0.512. The zero-order chi connectivity index (χ0) is 16.0. The Morgan fingerprint density at radius 3 is 2.33 bits per heavy atom. The van der Waals surface area contributed by atoms with Gasteiger partial charge in [-0.25, -0.2) is 0 Å². The van der Waals surface area contributed by atoms with E-state index in [-0.39, 0.29) is 0 Å². The zero-order valence-electron chi connectivity index (χ0n) is 12.6. The summed E-state index contributed by atoms with van der Waals surface area (Å²) in [6.45, 7) is 15.7. The van der Waals surface area contributed by atoms with Crippen LogP contribution < -0.4 is 4.74 Å². The Balaban J connectivity index is 3.20. The maximum atomic E-state index is 5.48. The monoisotopic (exact) mass is 320 g/mol. The number of hydrogen-bond acceptors (Lipinski definition) is 4. The molecule has 0 spiro atoms. The lowest BCUT2D eigenvalue weighted by Crippen LogP contribution is -1.93. The molecule has 0 heterocycles. The molecule has 0 bridgehead atoms. The standard InChI is InChI=1S/C17H20O2S2/c1-7-11(2)21-13(4)16-8-15(12(3)18-6)9-17(10-16)19-14(5)20/h7-10,20H,3-5H2,1-2,6H3/b11-7-. The first-order valence-corrected chi connectivity index (χ1v) is 7.57. The fourth-order valence-electron chi connectivity index (χ4n) is 1.55. The molecule has 0 saturated carbocycles. The molecular weight excluding hydrogens is 300 g/mol. The van der Waals surface area contributed by atoms with Gasteiger partial charge in [0.15, 0.2) is 5.09 Å². The number of thioether (sulfide) groups is 1. The number of methoxy groups -OCH3 is 1. The summed E-state index contributed by atoms with van der Waals surface area (Å²) in [5.41, 5.74) is 1.78. The Morgan fingerprint density at radius 1 is 1.19 bits per heavy atom. The number of allylic oxidation sites excluding steroid dienone is 2. The molecule has 1 rings (SSSR count). The third kappa shape index (κ3) is 5.40. The van der Waals surface area contributed by atoms with E-state index in [1.165, 1.54) is 4.91 Å². The Bertz CT molecular complexity index is 601. The lowest BCUT2D eigenvalue weighted by atomic mass is 10.1. The van der Waals surface area contributed by atoms with Crippen LogP contribution in [0.2, 0.25) is 0 Å². The zero-order valence-corrected chi connectivity index (χ0v) is 14.3. The minimum absolute atomic E-state index is 0.323. The van der Waals surface area contributed by atoms with Crippen molar-refractivity contribution in [2.24, 2.45) is 0 Å². The highest BCUT2D eigenvalue weighted by Gasteiger charge is 2.09. The molecule has 0 aromatic heterocycles. The molecule has 0 aliphatic carbocycles. The third-order valence-electron chi connectivity index (χ3n) is 2.72. The van der Waals surface area contributed by atoms with Gasteiger partial charge in [-0.15, -0.1) is 12.6 Å². The van der Waals surface area contributed by atoms with Crippen LogP contribution in [-0.2, 0) is 4.74 Å². The van der Waals surface area contributed by atoms with Crippen LogP contribution in [0.4, 0.5) is 0 Å². The van der Waals surface area contributed by atoms with Gasteiger partial charge in [-0.3, -0.25) is 0 Å². The molecule has 2 nitrogen and oxygen atoms in total. The second-order valence-electron chi connectivity index (χ2n) is 4.29. The van der Waals surface area contributed by atoms with Gasteiger partial charge in [0, 0.05) is 10.5 Å².